The Labute approximate surface area is 75.3 Å². The summed E-state index contributed by atoms with van der Waals surface area (Å²) in [5, 5.41) is 7.84. The standard InChI is InChI=1S/C6H14.C4H6O2/c1-3-5-6-4-2;1-2-3-4(5)6/h3-6H2,1-2H3;2H,1,3H2,(H,5,6). The van der Waals surface area contributed by atoms with Gasteiger partial charge in [0.1, 0.15) is 0 Å². The highest BCUT2D eigenvalue weighted by Gasteiger charge is 1.84. The molecule has 2 nitrogen and oxygen atoms in total. The molecule has 0 bridgehead atoms. The molecule has 0 aromatic carbocycles. The van der Waals surface area contributed by atoms with Crippen LogP contribution in [-0.2, 0) is 4.79 Å². The Bertz CT molecular complexity index is 104. The first kappa shape index (κ1) is 13.8. The molecule has 0 aromatic heterocycles. The number of hydrogen-bond donors (Lipinski definition) is 1. The first-order valence-corrected chi connectivity index (χ1v) is 4.51. The van der Waals surface area contributed by atoms with Crippen LogP contribution in [0.25, 0.3) is 0 Å². The number of carbonyl (C=O) groups is 1. The molecular weight excluding hydrogens is 152 g/mol. The molecule has 0 heterocycles. The minimum absolute atomic E-state index is 0.0556. The van der Waals surface area contributed by atoms with Crippen LogP contribution in [0.1, 0.15) is 46.0 Å². The van der Waals surface area contributed by atoms with Crippen molar-refractivity contribution in [3.05, 3.63) is 12.7 Å². The van der Waals surface area contributed by atoms with E-state index in [2.05, 4.69) is 20.4 Å². The molecule has 0 fully saturated rings. The average Bonchev–Trinajstić information content (AvgIpc) is 2.02. The third-order valence-corrected chi connectivity index (χ3v) is 1.28. The summed E-state index contributed by atoms with van der Waals surface area (Å²) in [6.45, 7) is 7.68. The molecule has 2 heteroatoms. The summed E-state index contributed by atoms with van der Waals surface area (Å²) in [7, 11) is 0. The van der Waals surface area contributed by atoms with Crippen LogP contribution in [0, 0.1) is 0 Å². The fourth-order valence-electron chi connectivity index (χ4n) is 0.623. The van der Waals surface area contributed by atoms with Gasteiger partial charge in [0.15, 0.2) is 0 Å². The van der Waals surface area contributed by atoms with E-state index in [0.717, 1.165) is 0 Å². The van der Waals surface area contributed by atoms with Gasteiger partial charge in [0, 0.05) is 0 Å². The fraction of sp³-hybridized carbons (Fsp3) is 0.700. The van der Waals surface area contributed by atoms with E-state index in [9.17, 15) is 4.79 Å². The lowest BCUT2D eigenvalue weighted by molar-refractivity contribution is -0.135. The maximum absolute atomic E-state index is 9.53. The SMILES string of the molecule is C=CCC(=O)O.CCCCCC. The monoisotopic (exact) mass is 172 g/mol. The molecule has 0 aromatic rings. The number of carboxylic acids is 1. The highest BCUT2D eigenvalue weighted by atomic mass is 16.4. The molecular formula is C10H20O2. The summed E-state index contributed by atoms with van der Waals surface area (Å²) >= 11 is 0. The van der Waals surface area contributed by atoms with Gasteiger partial charge in [0.2, 0.25) is 0 Å². The van der Waals surface area contributed by atoms with Gasteiger partial charge in [-0.1, -0.05) is 45.6 Å². The number of carboxylic acid groups (broad SMARTS) is 1. The topological polar surface area (TPSA) is 37.3 Å². The van der Waals surface area contributed by atoms with Gasteiger partial charge >= 0.3 is 5.97 Å². The lowest BCUT2D eigenvalue weighted by Crippen LogP contribution is -1.88. The highest BCUT2D eigenvalue weighted by Crippen LogP contribution is 1.95. The van der Waals surface area contributed by atoms with Crippen LogP contribution < -0.4 is 0 Å². The van der Waals surface area contributed by atoms with Gasteiger partial charge in [-0.15, -0.1) is 6.58 Å². The number of rotatable bonds is 5. The average molecular weight is 172 g/mol. The van der Waals surface area contributed by atoms with Gasteiger partial charge < -0.3 is 5.11 Å². The highest BCUT2D eigenvalue weighted by molar-refractivity contribution is 5.68. The van der Waals surface area contributed by atoms with Gasteiger partial charge in [-0.3, -0.25) is 4.79 Å². The number of hydrogen-bond acceptors (Lipinski definition) is 1. The molecule has 0 unspecified atom stereocenters. The number of aliphatic carboxylic acids is 1. The fourth-order valence-corrected chi connectivity index (χ4v) is 0.623. The van der Waals surface area contributed by atoms with Crippen molar-refractivity contribution in [1.29, 1.82) is 0 Å². The van der Waals surface area contributed by atoms with Crippen molar-refractivity contribution in [2.45, 2.75) is 46.0 Å². The summed E-state index contributed by atoms with van der Waals surface area (Å²) in [6.07, 6.45) is 6.94. The van der Waals surface area contributed by atoms with Crippen molar-refractivity contribution in [1.82, 2.24) is 0 Å². The molecule has 0 aliphatic rings. The lowest BCUT2D eigenvalue weighted by Gasteiger charge is -1.86. The van der Waals surface area contributed by atoms with Crippen molar-refractivity contribution in [2.75, 3.05) is 0 Å². The quantitative estimate of drug-likeness (QED) is 0.510. The predicted octanol–water partition coefficient (Wildman–Crippen LogP) is 3.23. The van der Waals surface area contributed by atoms with E-state index in [1.807, 2.05) is 0 Å². The second-order valence-electron chi connectivity index (χ2n) is 2.59. The van der Waals surface area contributed by atoms with E-state index in [4.69, 9.17) is 5.11 Å². The van der Waals surface area contributed by atoms with Crippen LogP contribution in [0.5, 0.6) is 0 Å². The summed E-state index contributed by atoms with van der Waals surface area (Å²) in [5.74, 6) is -0.829. The summed E-state index contributed by atoms with van der Waals surface area (Å²) in [6, 6.07) is 0. The second-order valence-corrected chi connectivity index (χ2v) is 2.59. The molecule has 0 saturated carbocycles. The predicted molar refractivity (Wildman–Crippen MR) is 52.3 cm³/mol. The molecule has 0 amide bonds. The molecule has 0 aliphatic heterocycles. The smallest absolute Gasteiger partial charge is 0.307 e. The minimum Gasteiger partial charge on any atom is -0.481 e. The van der Waals surface area contributed by atoms with Crippen LogP contribution in [-0.4, -0.2) is 11.1 Å². The van der Waals surface area contributed by atoms with Crippen molar-refractivity contribution < 1.29 is 9.90 Å². The van der Waals surface area contributed by atoms with E-state index in [0.29, 0.717) is 0 Å². The lowest BCUT2D eigenvalue weighted by atomic mass is 10.2. The van der Waals surface area contributed by atoms with E-state index < -0.39 is 5.97 Å². The zero-order valence-electron chi connectivity index (χ0n) is 8.18. The summed E-state index contributed by atoms with van der Waals surface area (Å²) in [5.41, 5.74) is 0. The van der Waals surface area contributed by atoms with Gasteiger partial charge in [-0.05, 0) is 0 Å². The maximum Gasteiger partial charge on any atom is 0.307 e. The minimum atomic E-state index is -0.829. The molecule has 0 spiro atoms. The molecule has 12 heavy (non-hydrogen) atoms. The van der Waals surface area contributed by atoms with Gasteiger partial charge in [0.25, 0.3) is 0 Å². The molecule has 1 N–H and O–H groups in total. The van der Waals surface area contributed by atoms with Crippen LogP contribution >= 0.6 is 0 Å². The van der Waals surface area contributed by atoms with E-state index in [1.165, 1.54) is 31.8 Å². The molecule has 0 radical (unpaired) electrons. The largest absolute Gasteiger partial charge is 0.481 e. The zero-order valence-corrected chi connectivity index (χ0v) is 8.18. The van der Waals surface area contributed by atoms with Crippen LogP contribution in [0.3, 0.4) is 0 Å². The molecule has 0 rings (SSSR count). The third kappa shape index (κ3) is 22.9. The first-order valence-electron chi connectivity index (χ1n) is 4.51. The Hall–Kier alpha value is -0.790. The van der Waals surface area contributed by atoms with Crippen molar-refractivity contribution in [3.8, 4) is 0 Å². The van der Waals surface area contributed by atoms with E-state index in [-0.39, 0.29) is 6.42 Å². The van der Waals surface area contributed by atoms with Crippen molar-refractivity contribution in [3.63, 3.8) is 0 Å². The number of unbranched alkanes of at least 4 members (excludes halogenated alkanes) is 3. The van der Waals surface area contributed by atoms with E-state index >= 15 is 0 Å². The molecule has 0 saturated heterocycles. The van der Waals surface area contributed by atoms with Crippen molar-refractivity contribution >= 4 is 5.97 Å². The first-order chi connectivity index (χ1) is 5.68. The molecule has 0 aliphatic carbocycles. The maximum atomic E-state index is 9.53. The molecule has 72 valence electrons. The second kappa shape index (κ2) is 12.8. The third-order valence-electron chi connectivity index (χ3n) is 1.28. The summed E-state index contributed by atoms with van der Waals surface area (Å²) < 4.78 is 0. The Morgan fingerprint density at radius 3 is 1.83 bits per heavy atom. The Balaban J connectivity index is 0. The van der Waals surface area contributed by atoms with Crippen LogP contribution in [0.2, 0.25) is 0 Å². The Morgan fingerprint density at radius 1 is 1.33 bits per heavy atom. The Morgan fingerprint density at radius 2 is 1.75 bits per heavy atom. The Kier molecular flexibility index (Phi) is 14.8. The van der Waals surface area contributed by atoms with Crippen molar-refractivity contribution in [2.24, 2.45) is 0 Å². The van der Waals surface area contributed by atoms with Gasteiger partial charge in [-0.2, -0.15) is 0 Å². The van der Waals surface area contributed by atoms with Gasteiger partial charge in [0.05, 0.1) is 6.42 Å². The zero-order chi connectivity index (χ0) is 9.82. The van der Waals surface area contributed by atoms with Crippen LogP contribution in [0.15, 0.2) is 12.7 Å². The molecule has 0 atom stereocenters. The van der Waals surface area contributed by atoms with Gasteiger partial charge in [-0.25, -0.2) is 0 Å². The summed E-state index contributed by atoms with van der Waals surface area (Å²) in [4.78, 5) is 9.53. The van der Waals surface area contributed by atoms with Crippen LogP contribution in [0.4, 0.5) is 0 Å². The van der Waals surface area contributed by atoms with E-state index in [1.54, 1.807) is 0 Å². The normalized spacial score (nSPS) is 8.17.